The highest BCUT2D eigenvalue weighted by molar-refractivity contribution is 6.21. The van der Waals surface area contributed by atoms with Crippen LogP contribution in [0, 0.1) is 6.92 Å². The van der Waals surface area contributed by atoms with E-state index in [1.165, 1.54) is 4.90 Å². The highest BCUT2D eigenvalue weighted by atomic mass is 16.5. The normalized spacial score (nSPS) is 16.7. The van der Waals surface area contributed by atoms with Gasteiger partial charge in [-0.1, -0.05) is 18.2 Å². The van der Waals surface area contributed by atoms with E-state index in [-0.39, 0.29) is 17.9 Å². The Hall–Kier alpha value is -3.67. The van der Waals surface area contributed by atoms with Gasteiger partial charge >= 0.3 is 0 Å². The first kappa shape index (κ1) is 21.2. The van der Waals surface area contributed by atoms with Crippen molar-refractivity contribution in [3.63, 3.8) is 0 Å². The summed E-state index contributed by atoms with van der Waals surface area (Å²) >= 11 is 0. The highest BCUT2D eigenvalue weighted by Gasteiger charge is 2.43. The maximum absolute atomic E-state index is 13.1. The number of aromatic nitrogens is 1. The number of rotatable bonds is 6. The molecular weight excluding hydrogens is 416 g/mol. The van der Waals surface area contributed by atoms with Gasteiger partial charge in [0.15, 0.2) is 0 Å². The van der Waals surface area contributed by atoms with Gasteiger partial charge in [-0.3, -0.25) is 19.5 Å². The number of fused-ring (bicyclic) bond motifs is 2. The van der Waals surface area contributed by atoms with E-state index in [1.807, 2.05) is 31.2 Å². The van der Waals surface area contributed by atoms with Crippen LogP contribution in [0.5, 0.6) is 11.5 Å². The number of carbonyl (C=O) groups excluding carboxylic acids is 2. The third kappa shape index (κ3) is 3.55. The van der Waals surface area contributed by atoms with Gasteiger partial charge in [0, 0.05) is 17.5 Å². The summed E-state index contributed by atoms with van der Waals surface area (Å²) in [5.74, 6) is 1.15. The Kier molecular flexibility index (Phi) is 5.36. The number of ether oxygens (including phenoxy) is 2. The maximum Gasteiger partial charge on any atom is 0.262 e. The van der Waals surface area contributed by atoms with Gasteiger partial charge in [0.05, 0.1) is 31.4 Å². The second-order valence-corrected chi connectivity index (χ2v) is 8.54. The number of carbonyl (C=O) groups is 2. The highest BCUT2D eigenvalue weighted by Crippen LogP contribution is 2.41. The summed E-state index contributed by atoms with van der Waals surface area (Å²) in [6.07, 6.45) is 3.05. The first-order valence-corrected chi connectivity index (χ1v) is 11.2. The molecule has 2 amide bonds. The lowest BCUT2D eigenvalue weighted by atomic mass is 10.00. The number of hydrogen-bond donors (Lipinski definition) is 0. The fourth-order valence-corrected chi connectivity index (χ4v) is 5.09. The van der Waals surface area contributed by atoms with Crippen molar-refractivity contribution in [2.24, 2.45) is 0 Å². The average molecular weight is 443 g/mol. The Labute approximate surface area is 193 Å². The minimum absolute atomic E-state index is 0.201. The van der Waals surface area contributed by atoms with E-state index < -0.39 is 0 Å². The molecule has 3 aromatic rings. The number of methoxy groups -OCH3 is 2. The number of nitrogens with zero attached hydrogens (tertiary/aromatic N) is 2. The van der Waals surface area contributed by atoms with Crippen molar-refractivity contribution in [2.45, 2.75) is 38.6 Å². The quantitative estimate of drug-likeness (QED) is 0.527. The van der Waals surface area contributed by atoms with Crippen molar-refractivity contribution >= 4 is 11.8 Å². The molecule has 33 heavy (non-hydrogen) atoms. The molecule has 1 aliphatic heterocycles. The molecule has 6 nitrogen and oxygen atoms in total. The summed E-state index contributed by atoms with van der Waals surface area (Å²) in [6, 6.07) is 14.7. The molecule has 0 bridgehead atoms. The molecule has 0 spiro atoms. The number of amides is 2. The van der Waals surface area contributed by atoms with Crippen LogP contribution in [0.4, 0.5) is 0 Å². The molecule has 0 saturated carbocycles. The fraction of sp³-hybridized carbons (Fsp3) is 0.296. The van der Waals surface area contributed by atoms with Gasteiger partial charge < -0.3 is 9.47 Å². The van der Waals surface area contributed by atoms with Gasteiger partial charge in [0.2, 0.25) is 0 Å². The summed E-state index contributed by atoms with van der Waals surface area (Å²) < 4.78 is 10.8. The lowest BCUT2D eigenvalue weighted by Gasteiger charge is -2.23. The van der Waals surface area contributed by atoms with Crippen LogP contribution in [0.2, 0.25) is 0 Å². The number of benzene rings is 2. The SMILES string of the molecule is COc1ccc(CCc2nc(C)cc3c2CCC3N2C(=O)c3ccccc3C2=O)c(OC)c1. The molecule has 1 aliphatic carbocycles. The molecule has 6 heteroatoms. The van der Waals surface area contributed by atoms with E-state index in [4.69, 9.17) is 14.5 Å². The van der Waals surface area contributed by atoms with Gasteiger partial charge in [-0.2, -0.15) is 0 Å². The molecule has 1 aromatic heterocycles. The van der Waals surface area contributed by atoms with Crippen molar-refractivity contribution in [1.29, 1.82) is 0 Å². The van der Waals surface area contributed by atoms with Crippen LogP contribution in [-0.2, 0) is 19.3 Å². The standard InChI is InChI=1S/C27H26N2O4/c1-16-14-22-19(23(28-16)12-9-17-8-10-18(32-2)15-25(17)33-3)11-13-24(22)29-26(30)20-6-4-5-7-21(20)27(29)31/h4-8,10,14-15,24H,9,11-13H2,1-3H3. The van der Waals surface area contributed by atoms with Crippen LogP contribution in [0.25, 0.3) is 0 Å². The summed E-state index contributed by atoms with van der Waals surface area (Å²) in [5.41, 5.74) is 6.21. The van der Waals surface area contributed by atoms with Crippen LogP contribution in [0.1, 0.15) is 61.3 Å². The summed E-state index contributed by atoms with van der Waals surface area (Å²) in [4.78, 5) is 32.4. The number of imide groups is 1. The second-order valence-electron chi connectivity index (χ2n) is 8.54. The molecule has 1 unspecified atom stereocenters. The predicted molar refractivity (Wildman–Crippen MR) is 124 cm³/mol. The largest absolute Gasteiger partial charge is 0.497 e. The van der Waals surface area contributed by atoms with E-state index in [9.17, 15) is 9.59 Å². The van der Waals surface area contributed by atoms with Crippen LogP contribution < -0.4 is 9.47 Å². The Morgan fingerprint density at radius 2 is 1.70 bits per heavy atom. The van der Waals surface area contributed by atoms with Crippen LogP contribution in [0.15, 0.2) is 48.5 Å². The zero-order valence-corrected chi connectivity index (χ0v) is 19.1. The van der Waals surface area contributed by atoms with Crippen molar-refractivity contribution < 1.29 is 19.1 Å². The first-order chi connectivity index (χ1) is 16.0. The zero-order chi connectivity index (χ0) is 23.1. The van der Waals surface area contributed by atoms with Gasteiger partial charge in [0.1, 0.15) is 11.5 Å². The van der Waals surface area contributed by atoms with Crippen molar-refractivity contribution in [2.75, 3.05) is 14.2 Å². The van der Waals surface area contributed by atoms with Crippen LogP contribution >= 0.6 is 0 Å². The van der Waals surface area contributed by atoms with E-state index in [2.05, 4.69) is 0 Å². The van der Waals surface area contributed by atoms with E-state index >= 15 is 0 Å². The average Bonchev–Trinajstić information content (AvgIpc) is 3.35. The van der Waals surface area contributed by atoms with Gasteiger partial charge in [-0.05, 0) is 73.6 Å². The lowest BCUT2D eigenvalue weighted by molar-refractivity contribution is 0.0582. The molecule has 0 N–H and O–H groups in total. The number of aryl methyl sites for hydroxylation is 3. The monoisotopic (exact) mass is 442 g/mol. The molecule has 0 saturated heterocycles. The van der Waals surface area contributed by atoms with E-state index in [1.54, 1.807) is 38.5 Å². The molecule has 2 aromatic carbocycles. The molecule has 0 radical (unpaired) electrons. The summed E-state index contributed by atoms with van der Waals surface area (Å²) in [5, 5.41) is 0. The summed E-state index contributed by atoms with van der Waals surface area (Å²) in [6.45, 7) is 1.97. The van der Waals surface area contributed by atoms with Gasteiger partial charge in [-0.15, -0.1) is 0 Å². The lowest BCUT2D eigenvalue weighted by Crippen LogP contribution is -2.33. The molecule has 5 rings (SSSR count). The van der Waals surface area contributed by atoms with Crippen molar-refractivity contribution in [3.05, 3.63) is 87.7 Å². The third-order valence-corrected chi connectivity index (χ3v) is 6.66. The molecule has 2 aliphatic rings. The molecular formula is C27H26N2O4. The van der Waals surface area contributed by atoms with Crippen LogP contribution in [-0.4, -0.2) is 35.9 Å². The fourth-order valence-electron chi connectivity index (χ4n) is 5.09. The zero-order valence-electron chi connectivity index (χ0n) is 19.1. The second kappa shape index (κ2) is 8.35. The van der Waals surface area contributed by atoms with Gasteiger partial charge in [0.25, 0.3) is 11.8 Å². The Morgan fingerprint density at radius 3 is 2.36 bits per heavy atom. The van der Waals surface area contributed by atoms with Gasteiger partial charge in [-0.25, -0.2) is 0 Å². The Balaban J connectivity index is 1.43. The van der Waals surface area contributed by atoms with Crippen molar-refractivity contribution in [1.82, 2.24) is 9.88 Å². The number of hydrogen-bond acceptors (Lipinski definition) is 5. The molecule has 168 valence electrons. The Morgan fingerprint density at radius 1 is 0.970 bits per heavy atom. The predicted octanol–water partition coefficient (Wildman–Crippen LogP) is 4.48. The van der Waals surface area contributed by atoms with E-state index in [0.717, 1.165) is 65.3 Å². The third-order valence-electron chi connectivity index (χ3n) is 6.66. The Bertz CT molecular complexity index is 1230. The van der Waals surface area contributed by atoms with Crippen molar-refractivity contribution in [3.8, 4) is 11.5 Å². The smallest absolute Gasteiger partial charge is 0.262 e. The summed E-state index contributed by atoms with van der Waals surface area (Å²) in [7, 11) is 3.30. The maximum atomic E-state index is 13.1. The minimum atomic E-state index is -0.247. The molecule has 0 fully saturated rings. The van der Waals surface area contributed by atoms with E-state index in [0.29, 0.717) is 11.1 Å². The van der Waals surface area contributed by atoms with Crippen LogP contribution in [0.3, 0.4) is 0 Å². The minimum Gasteiger partial charge on any atom is -0.497 e. The topological polar surface area (TPSA) is 68.7 Å². The number of pyridine rings is 1. The molecule has 2 heterocycles. The molecule has 1 atom stereocenters. The first-order valence-electron chi connectivity index (χ1n) is 11.2.